The van der Waals surface area contributed by atoms with E-state index in [4.69, 9.17) is 9.84 Å². The maximum Gasteiger partial charge on any atom is 0.328 e. The van der Waals surface area contributed by atoms with Crippen molar-refractivity contribution in [3.05, 3.63) is 42.2 Å². The van der Waals surface area contributed by atoms with Gasteiger partial charge in [0.15, 0.2) is 0 Å². The molecule has 0 saturated heterocycles. The van der Waals surface area contributed by atoms with Gasteiger partial charge in [-0.05, 0) is 30.3 Å². The van der Waals surface area contributed by atoms with Crippen molar-refractivity contribution < 1.29 is 19.0 Å². The van der Waals surface area contributed by atoms with Crippen molar-refractivity contribution in [2.45, 2.75) is 0 Å². The summed E-state index contributed by atoms with van der Waals surface area (Å²) in [5, 5.41) is 8.26. The standard InChI is InChI=1S/C10H9FO3/c11-8-3-5-9(6-4-8)14-7-1-2-10(12)13/h1-6H,7H2,(H,12,13). The Bertz CT molecular complexity index is 330. The molecule has 1 N–H and O–H groups in total. The molecule has 0 aliphatic rings. The summed E-state index contributed by atoms with van der Waals surface area (Å²) >= 11 is 0. The molecular weight excluding hydrogens is 187 g/mol. The molecule has 0 atom stereocenters. The van der Waals surface area contributed by atoms with Crippen molar-refractivity contribution in [2.24, 2.45) is 0 Å². The summed E-state index contributed by atoms with van der Waals surface area (Å²) < 4.78 is 17.5. The number of halogens is 1. The van der Waals surface area contributed by atoms with E-state index < -0.39 is 5.97 Å². The van der Waals surface area contributed by atoms with E-state index in [0.717, 1.165) is 6.08 Å². The van der Waals surface area contributed by atoms with Gasteiger partial charge in [0.1, 0.15) is 18.2 Å². The number of carbonyl (C=O) groups is 1. The second-order valence-electron chi connectivity index (χ2n) is 2.51. The fraction of sp³-hybridized carbons (Fsp3) is 0.100. The monoisotopic (exact) mass is 196 g/mol. The number of carboxylic acids is 1. The van der Waals surface area contributed by atoms with E-state index in [1.165, 1.54) is 30.3 Å². The third-order valence-electron chi connectivity index (χ3n) is 1.42. The lowest BCUT2D eigenvalue weighted by atomic mass is 10.3. The van der Waals surface area contributed by atoms with Gasteiger partial charge in [0.2, 0.25) is 0 Å². The molecule has 0 radical (unpaired) electrons. The van der Waals surface area contributed by atoms with Gasteiger partial charge in [0.05, 0.1) is 0 Å². The molecule has 0 heterocycles. The summed E-state index contributed by atoms with van der Waals surface area (Å²) in [7, 11) is 0. The number of carboxylic acid groups (broad SMARTS) is 1. The zero-order chi connectivity index (χ0) is 10.4. The second-order valence-corrected chi connectivity index (χ2v) is 2.51. The predicted octanol–water partition coefficient (Wildman–Crippen LogP) is 1.85. The van der Waals surface area contributed by atoms with Crippen LogP contribution in [0.5, 0.6) is 5.75 Å². The number of rotatable bonds is 4. The molecule has 0 aliphatic heterocycles. The van der Waals surface area contributed by atoms with E-state index in [-0.39, 0.29) is 12.4 Å². The Hall–Kier alpha value is -1.84. The molecule has 1 rings (SSSR count). The van der Waals surface area contributed by atoms with Crippen molar-refractivity contribution in [3.63, 3.8) is 0 Å². The van der Waals surface area contributed by atoms with Gasteiger partial charge in [-0.25, -0.2) is 9.18 Å². The van der Waals surface area contributed by atoms with Gasteiger partial charge in [-0.15, -0.1) is 0 Å². The van der Waals surface area contributed by atoms with E-state index in [1.807, 2.05) is 0 Å². The predicted molar refractivity (Wildman–Crippen MR) is 48.7 cm³/mol. The summed E-state index contributed by atoms with van der Waals surface area (Å²) in [6, 6.07) is 5.50. The lowest BCUT2D eigenvalue weighted by molar-refractivity contribution is -0.131. The fourth-order valence-electron chi connectivity index (χ4n) is 0.824. The van der Waals surface area contributed by atoms with Gasteiger partial charge in [0, 0.05) is 6.08 Å². The van der Waals surface area contributed by atoms with Crippen LogP contribution >= 0.6 is 0 Å². The number of hydrogen-bond donors (Lipinski definition) is 1. The molecule has 4 heteroatoms. The van der Waals surface area contributed by atoms with Gasteiger partial charge >= 0.3 is 5.97 Å². The van der Waals surface area contributed by atoms with Crippen LogP contribution < -0.4 is 4.74 Å². The van der Waals surface area contributed by atoms with Crippen molar-refractivity contribution >= 4 is 5.97 Å². The Morgan fingerprint density at radius 2 is 2.07 bits per heavy atom. The van der Waals surface area contributed by atoms with Crippen LogP contribution in [0.4, 0.5) is 4.39 Å². The molecule has 1 aromatic rings. The van der Waals surface area contributed by atoms with Crippen LogP contribution in [0.15, 0.2) is 36.4 Å². The van der Waals surface area contributed by atoms with E-state index >= 15 is 0 Å². The maximum absolute atomic E-state index is 12.4. The van der Waals surface area contributed by atoms with Crippen LogP contribution in [0, 0.1) is 5.82 Å². The SMILES string of the molecule is O=C(O)C=CCOc1ccc(F)cc1. The van der Waals surface area contributed by atoms with Crippen LogP contribution in [-0.2, 0) is 4.79 Å². The first-order valence-corrected chi connectivity index (χ1v) is 3.96. The maximum atomic E-state index is 12.4. The Kier molecular flexibility index (Phi) is 3.67. The molecule has 0 aliphatic carbocycles. The molecular formula is C10H9FO3. The highest BCUT2D eigenvalue weighted by Crippen LogP contribution is 2.10. The molecule has 0 bridgehead atoms. The number of aliphatic carboxylic acids is 1. The topological polar surface area (TPSA) is 46.5 Å². The van der Waals surface area contributed by atoms with Gasteiger partial charge in [-0.1, -0.05) is 0 Å². The molecule has 0 unspecified atom stereocenters. The Labute approximate surface area is 80.4 Å². The van der Waals surface area contributed by atoms with Gasteiger partial charge in [0.25, 0.3) is 0 Å². The molecule has 3 nitrogen and oxygen atoms in total. The fourth-order valence-corrected chi connectivity index (χ4v) is 0.824. The molecule has 74 valence electrons. The lowest BCUT2D eigenvalue weighted by Gasteiger charge is -2.01. The number of hydrogen-bond acceptors (Lipinski definition) is 2. The summed E-state index contributed by atoms with van der Waals surface area (Å²) in [5.41, 5.74) is 0. The number of ether oxygens (including phenoxy) is 1. The molecule has 0 saturated carbocycles. The normalized spacial score (nSPS) is 10.4. The van der Waals surface area contributed by atoms with Crippen LogP contribution in [0.1, 0.15) is 0 Å². The van der Waals surface area contributed by atoms with Crippen LogP contribution in [-0.4, -0.2) is 17.7 Å². The number of benzene rings is 1. The summed E-state index contributed by atoms with van der Waals surface area (Å²) in [6.45, 7) is 0.151. The zero-order valence-electron chi connectivity index (χ0n) is 7.31. The minimum Gasteiger partial charge on any atom is -0.490 e. The minimum atomic E-state index is -1.02. The van der Waals surface area contributed by atoms with Gasteiger partial charge in [-0.2, -0.15) is 0 Å². The highest BCUT2D eigenvalue weighted by atomic mass is 19.1. The van der Waals surface area contributed by atoms with Crippen molar-refractivity contribution in [3.8, 4) is 5.75 Å². The smallest absolute Gasteiger partial charge is 0.328 e. The summed E-state index contributed by atoms with van der Waals surface area (Å²) in [5.74, 6) is -0.854. The molecule has 0 fully saturated rings. The Morgan fingerprint density at radius 3 is 2.64 bits per heavy atom. The van der Waals surface area contributed by atoms with Gasteiger partial charge < -0.3 is 9.84 Å². The van der Waals surface area contributed by atoms with E-state index in [9.17, 15) is 9.18 Å². The molecule has 1 aromatic carbocycles. The first-order chi connectivity index (χ1) is 6.68. The van der Waals surface area contributed by atoms with Gasteiger partial charge in [-0.3, -0.25) is 0 Å². The first-order valence-electron chi connectivity index (χ1n) is 3.96. The van der Waals surface area contributed by atoms with Crippen LogP contribution in [0.3, 0.4) is 0 Å². The van der Waals surface area contributed by atoms with Crippen LogP contribution in [0.25, 0.3) is 0 Å². The van der Waals surface area contributed by atoms with Crippen molar-refractivity contribution in [1.82, 2.24) is 0 Å². The molecule has 0 spiro atoms. The minimum absolute atomic E-state index is 0.151. The largest absolute Gasteiger partial charge is 0.490 e. The summed E-state index contributed by atoms with van der Waals surface area (Å²) in [4.78, 5) is 10.1. The first kappa shape index (κ1) is 10.2. The quantitative estimate of drug-likeness (QED) is 0.747. The van der Waals surface area contributed by atoms with E-state index in [0.29, 0.717) is 5.75 Å². The highest BCUT2D eigenvalue weighted by Gasteiger charge is 1.92. The molecule has 0 amide bonds. The average Bonchev–Trinajstić information content (AvgIpc) is 2.15. The molecule has 0 aromatic heterocycles. The second kappa shape index (κ2) is 5.01. The Balaban J connectivity index is 2.39. The lowest BCUT2D eigenvalue weighted by Crippen LogP contribution is -1.95. The van der Waals surface area contributed by atoms with Crippen molar-refractivity contribution in [1.29, 1.82) is 0 Å². The van der Waals surface area contributed by atoms with E-state index in [1.54, 1.807) is 0 Å². The molecule has 14 heavy (non-hydrogen) atoms. The third-order valence-corrected chi connectivity index (χ3v) is 1.42. The summed E-state index contributed by atoms with van der Waals surface area (Å²) in [6.07, 6.45) is 2.36. The van der Waals surface area contributed by atoms with Crippen molar-refractivity contribution in [2.75, 3.05) is 6.61 Å². The van der Waals surface area contributed by atoms with E-state index in [2.05, 4.69) is 0 Å². The third kappa shape index (κ3) is 3.71. The zero-order valence-corrected chi connectivity index (χ0v) is 7.31. The van der Waals surface area contributed by atoms with Crippen LogP contribution in [0.2, 0.25) is 0 Å². The Morgan fingerprint density at radius 1 is 1.43 bits per heavy atom. The average molecular weight is 196 g/mol. The highest BCUT2D eigenvalue weighted by molar-refractivity contribution is 5.79.